The Labute approximate surface area is 109 Å². The molecule has 1 aliphatic heterocycles. The van der Waals surface area contributed by atoms with Crippen LogP contribution in [0.25, 0.3) is 0 Å². The molecule has 18 heavy (non-hydrogen) atoms. The number of carbonyl (C=O) groups excluding carboxylic acids is 2. The summed E-state index contributed by atoms with van der Waals surface area (Å²) in [7, 11) is 0. The van der Waals surface area contributed by atoms with Crippen LogP contribution in [0.4, 0.5) is 0 Å². The maximum atomic E-state index is 12.1. The minimum absolute atomic E-state index is 0.0823. The number of hydrogen-bond acceptors (Lipinski definition) is 2. The monoisotopic (exact) mass is 249 g/mol. The normalized spacial score (nSPS) is 29.8. The van der Waals surface area contributed by atoms with Gasteiger partial charge in [-0.1, -0.05) is 33.6 Å². The predicted octanol–water partition coefficient (Wildman–Crippen LogP) is 2.91. The largest absolute Gasteiger partial charge is 0.272 e. The third-order valence-corrected chi connectivity index (χ3v) is 4.31. The van der Waals surface area contributed by atoms with E-state index in [0.29, 0.717) is 11.5 Å². The summed E-state index contributed by atoms with van der Waals surface area (Å²) in [5, 5.41) is 0. The molecule has 100 valence electrons. The molecule has 0 N–H and O–H groups in total. The summed E-state index contributed by atoms with van der Waals surface area (Å²) in [6.45, 7) is 8.36. The average Bonchev–Trinajstić information content (AvgIpc) is 2.52. The van der Waals surface area contributed by atoms with E-state index in [9.17, 15) is 9.59 Å². The molecule has 1 saturated carbocycles. The fraction of sp³-hybridized carbons (Fsp3) is 0.733. The Bertz CT molecular complexity index is 403. The lowest BCUT2D eigenvalue weighted by molar-refractivity contribution is -0.143. The second-order valence-corrected chi connectivity index (χ2v) is 6.67. The Kier molecular flexibility index (Phi) is 3.35. The highest BCUT2D eigenvalue weighted by molar-refractivity contribution is 6.16. The topological polar surface area (TPSA) is 37.4 Å². The van der Waals surface area contributed by atoms with Gasteiger partial charge in [-0.25, -0.2) is 0 Å². The van der Waals surface area contributed by atoms with Crippen molar-refractivity contribution < 1.29 is 9.59 Å². The lowest BCUT2D eigenvalue weighted by atomic mass is 9.69. The van der Waals surface area contributed by atoms with Crippen LogP contribution >= 0.6 is 0 Å². The van der Waals surface area contributed by atoms with Gasteiger partial charge in [0.25, 0.3) is 11.8 Å². The summed E-state index contributed by atoms with van der Waals surface area (Å²) in [6.07, 6.45) is 5.88. The first-order valence-corrected chi connectivity index (χ1v) is 6.88. The molecule has 0 aromatic carbocycles. The van der Waals surface area contributed by atoms with E-state index < -0.39 is 0 Å². The number of carbonyl (C=O) groups is 2. The van der Waals surface area contributed by atoms with Crippen molar-refractivity contribution in [3.05, 3.63) is 11.6 Å². The Morgan fingerprint density at radius 2 is 1.78 bits per heavy atom. The zero-order valence-corrected chi connectivity index (χ0v) is 11.8. The Morgan fingerprint density at radius 3 is 2.28 bits per heavy atom. The van der Waals surface area contributed by atoms with Gasteiger partial charge in [-0.3, -0.25) is 14.5 Å². The summed E-state index contributed by atoms with van der Waals surface area (Å²) in [5.41, 5.74) is 0.723. The van der Waals surface area contributed by atoms with Gasteiger partial charge in [0.1, 0.15) is 0 Å². The van der Waals surface area contributed by atoms with Gasteiger partial charge in [0.05, 0.1) is 0 Å². The van der Waals surface area contributed by atoms with Crippen molar-refractivity contribution in [2.24, 2.45) is 11.3 Å². The second-order valence-electron chi connectivity index (χ2n) is 6.67. The zero-order valence-electron chi connectivity index (χ0n) is 11.8. The Balaban J connectivity index is 2.26. The van der Waals surface area contributed by atoms with Gasteiger partial charge in [-0.15, -0.1) is 0 Å². The molecule has 1 aliphatic carbocycles. The van der Waals surface area contributed by atoms with E-state index in [0.717, 1.165) is 19.3 Å². The van der Waals surface area contributed by atoms with E-state index in [1.165, 1.54) is 17.4 Å². The van der Waals surface area contributed by atoms with E-state index in [4.69, 9.17) is 0 Å². The lowest BCUT2D eigenvalue weighted by Gasteiger charge is -2.43. The third kappa shape index (κ3) is 2.23. The van der Waals surface area contributed by atoms with Crippen molar-refractivity contribution in [2.75, 3.05) is 0 Å². The van der Waals surface area contributed by atoms with Gasteiger partial charge in [0, 0.05) is 17.7 Å². The summed E-state index contributed by atoms with van der Waals surface area (Å²) >= 11 is 0. The van der Waals surface area contributed by atoms with E-state index in [2.05, 4.69) is 20.8 Å². The first-order valence-electron chi connectivity index (χ1n) is 6.88. The molecule has 3 nitrogen and oxygen atoms in total. The standard InChI is InChI=1S/C15H23NO2/c1-10-9-13(17)16(14(10)18)12-8-6-5-7-11(12)15(2,3)4/h9,11-12H,5-8H2,1-4H3/t11-,12+/m1/s1. The molecule has 0 aromatic rings. The van der Waals surface area contributed by atoms with Crippen molar-refractivity contribution >= 4 is 11.8 Å². The molecular formula is C15H23NO2. The molecule has 0 spiro atoms. The number of rotatable bonds is 1. The van der Waals surface area contributed by atoms with Crippen LogP contribution in [-0.2, 0) is 9.59 Å². The highest BCUT2D eigenvalue weighted by Gasteiger charge is 2.43. The fourth-order valence-electron chi connectivity index (χ4n) is 3.35. The summed E-state index contributed by atoms with van der Waals surface area (Å²) < 4.78 is 0. The zero-order chi connectivity index (χ0) is 13.5. The van der Waals surface area contributed by atoms with Gasteiger partial charge in [-0.05, 0) is 31.1 Å². The van der Waals surface area contributed by atoms with Crippen LogP contribution in [0.5, 0.6) is 0 Å². The Morgan fingerprint density at radius 1 is 1.17 bits per heavy atom. The van der Waals surface area contributed by atoms with Crippen molar-refractivity contribution in [1.29, 1.82) is 0 Å². The molecular weight excluding hydrogens is 226 g/mol. The van der Waals surface area contributed by atoms with E-state index in [1.807, 2.05) is 0 Å². The van der Waals surface area contributed by atoms with Gasteiger partial charge < -0.3 is 0 Å². The highest BCUT2D eigenvalue weighted by atomic mass is 16.2. The third-order valence-electron chi connectivity index (χ3n) is 4.31. The van der Waals surface area contributed by atoms with Gasteiger partial charge in [0.15, 0.2) is 0 Å². The number of imide groups is 1. The maximum Gasteiger partial charge on any atom is 0.256 e. The SMILES string of the molecule is CC1=CC(=O)N([C@H]2CCCC[C@H]2C(C)(C)C)C1=O. The van der Waals surface area contributed by atoms with Crippen LogP contribution in [-0.4, -0.2) is 22.8 Å². The fourth-order valence-corrected chi connectivity index (χ4v) is 3.35. The van der Waals surface area contributed by atoms with Crippen molar-refractivity contribution in [1.82, 2.24) is 4.90 Å². The smallest absolute Gasteiger partial charge is 0.256 e. The molecule has 0 aromatic heterocycles. The molecule has 2 rings (SSSR count). The quantitative estimate of drug-likeness (QED) is 0.670. The minimum atomic E-state index is -0.112. The number of nitrogens with zero attached hydrogens (tertiary/aromatic N) is 1. The molecule has 0 radical (unpaired) electrons. The van der Waals surface area contributed by atoms with Crippen molar-refractivity contribution in [2.45, 2.75) is 59.4 Å². The maximum absolute atomic E-state index is 12.1. The van der Waals surface area contributed by atoms with E-state index in [1.54, 1.807) is 6.92 Å². The van der Waals surface area contributed by atoms with Crippen LogP contribution in [0.15, 0.2) is 11.6 Å². The summed E-state index contributed by atoms with van der Waals surface area (Å²) in [5.74, 6) is 0.221. The van der Waals surface area contributed by atoms with Crippen molar-refractivity contribution in [3.63, 3.8) is 0 Å². The van der Waals surface area contributed by atoms with Crippen LogP contribution in [0.1, 0.15) is 53.4 Å². The average molecular weight is 249 g/mol. The lowest BCUT2D eigenvalue weighted by Crippen LogP contribution is -2.49. The molecule has 3 heteroatoms. The molecule has 0 saturated heterocycles. The number of hydrogen-bond donors (Lipinski definition) is 0. The molecule has 0 unspecified atom stereocenters. The van der Waals surface area contributed by atoms with Crippen molar-refractivity contribution in [3.8, 4) is 0 Å². The molecule has 2 atom stereocenters. The van der Waals surface area contributed by atoms with E-state index >= 15 is 0 Å². The van der Waals surface area contributed by atoms with Crippen LogP contribution in [0.2, 0.25) is 0 Å². The second kappa shape index (κ2) is 4.52. The predicted molar refractivity (Wildman–Crippen MR) is 70.8 cm³/mol. The number of amides is 2. The van der Waals surface area contributed by atoms with Crippen LogP contribution in [0.3, 0.4) is 0 Å². The summed E-state index contributed by atoms with van der Waals surface area (Å²) in [4.78, 5) is 25.6. The molecule has 1 heterocycles. The Hall–Kier alpha value is -1.12. The molecule has 2 amide bonds. The summed E-state index contributed by atoms with van der Waals surface area (Å²) in [6, 6.07) is 0.0902. The first-order chi connectivity index (χ1) is 8.32. The van der Waals surface area contributed by atoms with Gasteiger partial charge >= 0.3 is 0 Å². The van der Waals surface area contributed by atoms with Gasteiger partial charge in [-0.2, -0.15) is 0 Å². The van der Waals surface area contributed by atoms with Crippen LogP contribution < -0.4 is 0 Å². The first kappa shape index (κ1) is 13.3. The molecule has 2 aliphatic rings. The minimum Gasteiger partial charge on any atom is -0.272 e. The molecule has 0 bridgehead atoms. The van der Waals surface area contributed by atoms with Crippen LogP contribution in [0, 0.1) is 11.3 Å². The molecule has 1 fully saturated rings. The van der Waals surface area contributed by atoms with E-state index in [-0.39, 0.29) is 23.3 Å². The highest BCUT2D eigenvalue weighted by Crippen LogP contribution is 2.41. The van der Waals surface area contributed by atoms with Gasteiger partial charge in [0.2, 0.25) is 0 Å².